The minimum atomic E-state index is -3.44. The number of aromatic nitrogens is 1. The Kier molecular flexibility index (Phi) is 4.36. The van der Waals surface area contributed by atoms with Crippen molar-refractivity contribution in [3.63, 3.8) is 0 Å². The first kappa shape index (κ1) is 14.3. The number of pyridine rings is 1. The zero-order chi connectivity index (χ0) is 13.3. The van der Waals surface area contributed by atoms with Crippen LogP contribution in [0.15, 0.2) is 27.8 Å². The number of nitrogens with zero attached hydrogens (tertiary/aromatic N) is 2. The molecule has 2 atom stereocenters. The summed E-state index contributed by atoms with van der Waals surface area (Å²) in [7, 11) is -3.44. The molecule has 7 heteroatoms. The van der Waals surface area contributed by atoms with Gasteiger partial charge in [0.25, 0.3) is 0 Å². The molecular formula is C11H15BrN2O2S2. The first-order valence-electron chi connectivity index (χ1n) is 5.67. The van der Waals surface area contributed by atoms with Crippen LogP contribution in [0.2, 0.25) is 0 Å². The lowest BCUT2D eigenvalue weighted by Crippen LogP contribution is -2.47. The Labute approximate surface area is 120 Å². The normalized spacial score (nSPS) is 26.2. The van der Waals surface area contributed by atoms with Crippen LogP contribution in [0.25, 0.3) is 0 Å². The third-order valence-corrected chi connectivity index (χ3v) is 6.84. The second-order valence-corrected chi connectivity index (χ2v) is 8.56. The second kappa shape index (κ2) is 5.48. The molecule has 2 unspecified atom stereocenters. The van der Waals surface area contributed by atoms with E-state index in [0.29, 0.717) is 16.3 Å². The fourth-order valence-electron chi connectivity index (χ4n) is 1.91. The molecule has 0 aromatic carbocycles. The monoisotopic (exact) mass is 350 g/mol. The van der Waals surface area contributed by atoms with E-state index in [9.17, 15) is 8.42 Å². The summed E-state index contributed by atoms with van der Waals surface area (Å²) in [6, 6.07) is 1.61. The van der Waals surface area contributed by atoms with Gasteiger partial charge in [-0.05, 0) is 28.9 Å². The third-order valence-electron chi connectivity index (χ3n) is 3.11. The molecule has 100 valence electrons. The van der Waals surface area contributed by atoms with Crippen LogP contribution in [-0.4, -0.2) is 41.3 Å². The fraction of sp³-hybridized carbons (Fsp3) is 0.545. The lowest BCUT2D eigenvalue weighted by molar-refractivity contribution is 0.340. The van der Waals surface area contributed by atoms with E-state index in [2.05, 4.69) is 27.8 Å². The van der Waals surface area contributed by atoms with E-state index in [1.54, 1.807) is 16.6 Å². The molecule has 1 aliphatic heterocycles. The van der Waals surface area contributed by atoms with Crippen molar-refractivity contribution in [1.82, 2.24) is 9.29 Å². The second-order valence-electron chi connectivity index (χ2n) is 4.27. The maximum atomic E-state index is 12.6. The summed E-state index contributed by atoms with van der Waals surface area (Å²) in [5.41, 5.74) is 0. The Morgan fingerprint density at radius 2 is 2.17 bits per heavy atom. The van der Waals surface area contributed by atoms with Crippen LogP contribution in [0, 0.1) is 0 Å². The maximum absolute atomic E-state index is 12.6. The minimum absolute atomic E-state index is 0.00716. The van der Waals surface area contributed by atoms with Gasteiger partial charge < -0.3 is 0 Å². The largest absolute Gasteiger partial charge is 0.262 e. The molecule has 1 fully saturated rings. The molecule has 4 nitrogen and oxygen atoms in total. The van der Waals surface area contributed by atoms with Crippen LogP contribution in [0.3, 0.4) is 0 Å². The summed E-state index contributed by atoms with van der Waals surface area (Å²) >= 11 is 5.07. The van der Waals surface area contributed by atoms with Crippen LogP contribution in [0.1, 0.15) is 13.8 Å². The molecule has 0 radical (unpaired) electrons. The number of halogens is 1. The number of hydrogen-bond acceptors (Lipinski definition) is 4. The number of thioether (sulfide) groups is 1. The van der Waals surface area contributed by atoms with Gasteiger partial charge in [-0.3, -0.25) is 4.98 Å². The number of sulfonamides is 1. The van der Waals surface area contributed by atoms with Crippen molar-refractivity contribution in [2.24, 2.45) is 0 Å². The molecule has 1 aromatic heterocycles. The predicted octanol–water partition coefficient (Wildman–Crippen LogP) is 2.36. The van der Waals surface area contributed by atoms with Gasteiger partial charge >= 0.3 is 0 Å². The molecule has 2 rings (SSSR count). The summed E-state index contributed by atoms with van der Waals surface area (Å²) < 4.78 is 27.4. The SMILES string of the molecule is CC1SCCN(S(=O)(=O)c2cncc(Br)c2)C1C. The van der Waals surface area contributed by atoms with Gasteiger partial charge in [0.2, 0.25) is 10.0 Å². The van der Waals surface area contributed by atoms with Crippen molar-refractivity contribution in [2.75, 3.05) is 12.3 Å². The zero-order valence-electron chi connectivity index (χ0n) is 10.2. The van der Waals surface area contributed by atoms with Gasteiger partial charge in [0.05, 0.1) is 0 Å². The van der Waals surface area contributed by atoms with Gasteiger partial charge in [-0.25, -0.2) is 8.42 Å². The van der Waals surface area contributed by atoms with Crippen LogP contribution in [-0.2, 0) is 10.0 Å². The molecule has 1 aliphatic rings. The van der Waals surface area contributed by atoms with E-state index >= 15 is 0 Å². The first-order chi connectivity index (χ1) is 8.43. The molecule has 18 heavy (non-hydrogen) atoms. The minimum Gasteiger partial charge on any atom is -0.262 e. The molecule has 2 heterocycles. The predicted molar refractivity (Wildman–Crippen MR) is 77.2 cm³/mol. The Bertz CT molecular complexity index is 536. The molecular weight excluding hydrogens is 336 g/mol. The van der Waals surface area contributed by atoms with Gasteiger partial charge in [0, 0.05) is 40.5 Å². The molecule has 0 bridgehead atoms. The van der Waals surface area contributed by atoms with E-state index in [4.69, 9.17) is 0 Å². The van der Waals surface area contributed by atoms with Crippen LogP contribution < -0.4 is 0 Å². The van der Waals surface area contributed by atoms with E-state index in [0.717, 1.165) is 5.75 Å². The highest BCUT2D eigenvalue weighted by atomic mass is 79.9. The van der Waals surface area contributed by atoms with E-state index in [-0.39, 0.29) is 10.9 Å². The highest BCUT2D eigenvalue weighted by Crippen LogP contribution is 2.29. The molecule has 1 saturated heterocycles. The Morgan fingerprint density at radius 3 is 2.83 bits per heavy atom. The van der Waals surface area contributed by atoms with Crippen molar-refractivity contribution in [3.05, 3.63) is 22.9 Å². The highest BCUT2D eigenvalue weighted by Gasteiger charge is 2.35. The Morgan fingerprint density at radius 1 is 1.44 bits per heavy atom. The summed E-state index contributed by atoms with van der Waals surface area (Å²) in [4.78, 5) is 4.18. The first-order valence-corrected chi connectivity index (χ1v) is 8.95. The van der Waals surface area contributed by atoms with Crippen molar-refractivity contribution in [1.29, 1.82) is 0 Å². The Hall–Kier alpha value is -0.110. The molecule has 0 amide bonds. The topological polar surface area (TPSA) is 50.3 Å². The average Bonchev–Trinajstić information content (AvgIpc) is 2.32. The van der Waals surface area contributed by atoms with Crippen molar-refractivity contribution in [2.45, 2.75) is 30.0 Å². The quantitative estimate of drug-likeness (QED) is 0.821. The van der Waals surface area contributed by atoms with Gasteiger partial charge in [0.1, 0.15) is 4.90 Å². The molecule has 0 aliphatic carbocycles. The zero-order valence-corrected chi connectivity index (χ0v) is 13.4. The average molecular weight is 351 g/mol. The van der Waals surface area contributed by atoms with Crippen molar-refractivity contribution >= 4 is 37.7 Å². The van der Waals surface area contributed by atoms with Crippen molar-refractivity contribution < 1.29 is 8.42 Å². The molecule has 0 spiro atoms. The summed E-state index contributed by atoms with van der Waals surface area (Å²) in [5.74, 6) is 0.839. The lowest BCUT2D eigenvalue weighted by atomic mass is 10.2. The van der Waals surface area contributed by atoms with E-state index in [1.165, 1.54) is 6.20 Å². The van der Waals surface area contributed by atoms with Crippen LogP contribution in [0.5, 0.6) is 0 Å². The standard InChI is InChI=1S/C11H15BrN2O2S2/c1-8-9(2)17-4-3-14(8)18(15,16)11-5-10(12)6-13-7-11/h5-9H,3-4H2,1-2H3. The van der Waals surface area contributed by atoms with Crippen LogP contribution >= 0.6 is 27.7 Å². The van der Waals surface area contributed by atoms with Gasteiger partial charge in [0.15, 0.2) is 0 Å². The van der Waals surface area contributed by atoms with E-state index in [1.807, 2.05) is 18.7 Å². The third kappa shape index (κ3) is 2.74. The summed E-state index contributed by atoms with van der Waals surface area (Å²) in [6.07, 6.45) is 2.98. The number of rotatable bonds is 2. The smallest absolute Gasteiger partial charge is 0.244 e. The van der Waals surface area contributed by atoms with Gasteiger partial charge in [-0.2, -0.15) is 16.1 Å². The highest BCUT2D eigenvalue weighted by molar-refractivity contribution is 9.10. The van der Waals surface area contributed by atoms with E-state index < -0.39 is 10.0 Å². The summed E-state index contributed by atoms with van der Waals surface area (Å²) in [6.45, 7) is 4.58. The summed E-state index contributed by atoms with van der Waals surface area (Å²) in [5, 5.41) is 0.314. The molecule has 0 saturated carbocycles. The van der Waals surface area contributed by atoms with Gasteiger partial charge in [-0.15, -0.1) is 0 Å². The maximum Gasteiger partial charge on any atom is 0.244 e. The lowest BCUT2D eigenvalue weighted by Gasteiger charge is -2.36. The Balaban J connectivity index is 2.36. The molecule has 1 aromatic rings. The van der Waals surface area contributed by atoms with Crippen molar-refractivity contribution in [3.8, 4) is 0 Å². The van der Waals surface area contributed by atoms with Crippen LogP contribution in [0.4, 0.5) is 0 Å². The van der Waals surface area contributed by atoms with Gasteiger partial charge in [-0.1, -0.05) is 6.92 Å². The molecule has 0 N–H and O–H groups in total. The number of hydrogen-bond donors (Lipinski definition) is 0. The fourth-order valence-corrected chi connectivity index (χ4v) is 5.41.